The van der Waals surface area contributed by atoms with Crippen LogP contribution in [0.3, 0.4) is 0 Å². The zero-order chi connectivity index (χ0) is 14.1. The van der Waals surface area contributed by atoms with Crippen LogP contribution in [0.25, 0.3) is 0 Å². The Kier molecular flexibility index (Phi) is 6.56. The third-order valence-corrected chi connectivity index (χ3v) is 2.98. The zero-order valence-electron chi connectivity index (χ0n) is 12.2. The van der Waals surface area contributed by atoms with E-state index in [1.165, 1.54) is 12.8 Å². The van der Waals surface area contributed by atoms with Crippen LogP contribution in [0, 0.1) is 5.41 Å². The molecular formula is C14H26N4O. The molecule has 3 N–H and O–H groups in total. The van der Waals surface area contributed by atoms with Gasteiger partial charge in [-0.15, -0.1) is 0 Å². The lowest BCUT2D eigenvalue weighted by Gasteiger charge is -2.24. The van der Waals surface area contributed by atoms with E-state index in [4.69, 9.17) is 5.11 Å². The molecule has 1 rings (SSSR count). The summed E-state index contributed by atoms with van der Waals surface area (Å²) in [5, 5.41) is 15.3. The first-order chi connectivity index (χ1) is 9.07. The number of hydrogen-bond acceptors (Lipinski definition) is 5. The molecule has 0 radical (unpaired) electrons. The Morgan fingerprint density at radius 3 is 2.53 bits per heavy atom. The maximum absolute atomic E-state index is 8.74. The van der Waals surface area contributed by atoms with Gasteiger partial charge in [-0.2, -0.15) is 0 Å². The summed E-state index contributed by atoms with van der Waals surface area (Å²) in [6.45, 7) is 8.52. The summed E-state index contributed by atoms with van der Waals surface area (Å²) < 4.78 is 0. The number of anilines is 2. The number of rotatable bonds is 9. The number of nitrogens with zero attached hydrogens (tertiary/aromatic N) is 2. The van der Waals surface area contributed by atoms with Gasteiger partial charge in [0.15, 0.2) is 0 Å². The standard InChI is InChI=1S/C14H26N4O/c1-4-6-14(2,3)10-16-13-9-12(17-11-18-13)15-7-5-8-19/h9,11,19H,4-8,10H2,1-3H3,(H2,15,16,17,18). The second kappa shape index (κ2) is 7.94. The fourth-order valence-corrected chi connectivity index (χ4v) is 1.94. The highest BCUT2D eigenvalue weighted by atomic mass is 16.3. The van der Waals surface area contributed by atoms with Crippen LogP contribution >= 0.6 is 0 Å². The summed E-state index contributed by atoms with van der Waals surface area (Å²) in [6, 6.07) is 1.90. The summed E-state index contributed by atoms with van der Waals surface area (Å²) in [7, 11) is 0. The Balaban J connectivity index is 2.47. The zero-order valence-corrected chi connectivity index (χ0v) is 12.2. The molecule has 1 aromatic rings. The fourth-order valence-electron chi connectivity index (χ4n) is 1.94. The van der Waals surface area contributed by atoms with Crippen LogP contribution in [-0.2, 0) is 0 Å². The smallest absolute Gasteiger partial charge is 0.131 e. The van der Waals surface area contributed by atoms with Gasteiger partial charge in [-0.05, 0) is 18.3 Å². The molecule has 0 bridgehead atoms. The summed E-state index contributed by atoms with van der Waals surface area (Å²) in [4.78, 5) is 8.37. The number of nitrogens with one attached hydrogen (secondary N) is 2. The number of aromatic nitrogens is 2. The highest BCUT2D eigenvalue weighted by Crippen LogP contribution is 2.22. The summed E-state index contributed by atoms with van der Waals surface area (Å²) in [6.07, 6.45) is 4.64. The van der Waals surface area contributed by atoms with Gasteiger partial charge in [0.1, 0.15) is 18.0 Å². The van der Waals surface area contributed by atoms with Gasteiger partial charge in [0, 0.05) is 25.8 Å². The molecule has 0 unspecified atom stereocenters. The topological polar surface area (TPSA) is 70.1 Å². The van der Waals surface area contributed by atoms with Crippen molar-refractivity contribution >= 4 is 11.6 Å². The van der Waals surface area contributed by atoms with Gasteiger partial charge < -0.3 is 15.7 Å². The predicted molar refractivity (Wildman–Crippen MR) is 79.4 cm³/mol. The van der Waals surface area contributed by atoms with E-state index in [1.54, 1.807) is 6.33 Å². The molecule has 1 heterocycles. The van der Waals surface area contributed by atoms with E-state index < -0.39 is 0 Å². The Morgan fingerprint density at radius 2 is 1.89 bits per heavy atom. The van der Waals surface area contributed by atoms with E-state index >= 15 is 0 Å². The van der Waals surface area contributed by atoms with Crippen molar-refractivity contribution in [1.29, 1.82) is 0 Å². The predicted octanol–water partition coefficient (Wildman–Crippen LogP) is 2.51. The van der Waals surface area contributed by atoms with Crippen molar-refractivity contribution in [3.8, 4) is 0 Å². The van der Waals surface area contributed by atoms with Gasteiger partial charge in [-0.3, -0.25) is 0 Å². The normalized spacial score (nSPS) is 11.4. The van der Waals surface area contributed by atoms with Crippen LogP contribution in [0.5, 0.6) is 0 Å². The Hall–Kier alpha value is -1.36. The Bertz CT molecular complexity index is 368. The van der Waals surface area contributed by atoms with Gasteiger partial charge in [0.25, 0.3) is 0 Å². The molecule has 0 amide bonds. The molecule has 0 atom stereocenters. The van der Waals surface area contributed by atoms with E-state index in [0.29, 0.717) is 6.54 Å². The maximum Gasteiger partial charge on any atom is 0.131 e. The van der Waals surface area contributed by atoms with E-state index in [1.807, 2.05) is 6.07 Å². The van der Waals surface area contributed by atoms with Crippen LogP contribution < -0.4 is 10.6 Å². The second-order valence-corrected chi connectivity index (χ2v) is 5.56. The SMILES string of the molecule is CCCC(C)(C)CNc1cc(NCCCO)ncn1. The summed E-state index contributed by atoms with van der Waals surface area (Å²) in [5.74, 6) is 1.63. The molecule has 0 aliphatic carbocycles. The van der Waals surface area contributed by atoms with Crippen molar-refractivity contribution in [1.82, 2.24) is 9.97 Å². The third-order valence-electron chi connectivity index (χ3n) is 2.98. The lowest BCUT2D eigenvalue weighted by Crippen LogP contribution is -2.23. The molecule has 0 spiro atoms. The van der Waals surface area contributed by atoms with Crippen LogP contribution in [-0.4, -0.2) is 34.8 Å². The largest absolute Gasteiger partial charge is 0.396 e. The number of aliphatic hydroxyl groups is 1. The van der Waals surface area contributed by atoms with E-state index in [0.717, 1.165) is 24.6 Å². The van der Waals surface area contributed by atoms with Crippen LogP contribution in [0.15, 0.2) is 12.4 Å². The Labute approximate surface area is 115 Å². The van der Waals surface area contributed by atoms with Gasteiger partial charge in [0.05, 0.1) is 0 Å². The lowest BCUT2D eigenvalue weighted by atomic mass is 9.88. The van der Waals surface area contributed by atoms with Crippen molar-refractivity contribution in [2.24, 2.45) is 5.41 Å². The average Bonchev–Trinajstić information content (AvgIpc) is 2.37. The molecule has 108 valence electrons. The average molecular weight is 266 g/mol. The first-order valence-electron chi connectivity index (χ1n) is 6.98. The molecule has 19 heavy (non-hydrogen) atoms. The molecule has 0 aliphatic rings. The van der Waals surface area contributed by atoms with Crippen LogP contribution in [0.2, 0.25) is 0 Å². The molecular weight excluding hydrogens is 240 g/mol. The monoisotopic (exact) mass is 266 g/mol. The summed E-state index contributed by atoms with van der Waals surface area (Å²) >= 11 is 0. The minimum atomic E-state index is 0.189. The molecule has 5 nitrogen and oxygen atoms in total. The van der Waals surface area contributed by atoms with E-state index in [-0.39, 0.29) is 12.0 Å². The first-order valence-corrected chi connectivity index (χ1v) is 6.98. The van der Waals surface area contributed by atoms with Crippen molar-refractivity contribution in [3.05, 3.63) is 12.4 Å². The van der Waals surface area contributed by atoms with Crippen LogP contribution in [0.1, 0.15) is 40.0 Å². The van der Waals surface area contributed by atoms with Crippen molar-refractivity contribution in [2.45, 2.75) is 40.0 Å². The first kappa shape index (κ1) is 15.7. The fraction of sp³-hybridized carbons (Fsp3) is 0.714. The van der Waals surface area contributed by atoms with Crippen LogP contribution in [0.4, 0.5) is 11.6 Å². The highest BCUT2D eigenvalue weighted by Gasteiger charge is 2.16. The number of aliphatic hydroxyl groups excluding tert-OH is 1. The van der Waals surface area contributed by atoms with Crippen molar-refractivity contribution < 1.29 is 5.11 Å². The molecule has 0 fully saturated rings. The van der Waals surface area contributed by atoms with Gasteiger partial charge >= 0.3 is 0 Å². The molecule has 0 aromatic carbocycles. The van der Waals surface area contributed by atoms with E-state index in [9.17, 15) is 0 Å². The van der Waals surface area contributed by atoms with E-state index in [2.05, 4.69) is 41.4 Å². The van der Waals surface area contributed by atoms with Gasteiger partial charge in [0.2, 0.25) is 0 Å². The summed E-state index contributed by atoms with van der Waals surface area (Å²) in [5.41, 5.74) is 0.268. The molecule has 0 saturated heterocycles. The minimum Gasteiger partial charge on any atom is -0.396 e. The minimum absolute atomic E-state index is 0.189. The Morgan fingerprint density at radius 1 is 1.21 bits per heavy atom. The van der Waals surface area contributed by atoms with Gasteiger partial charge in [-0.1, -0.05) is 27.2 Å². The van der Waals surface area contributed by atoms with Crippen molar-refractivity contribution in [2.75, 3.05) is 30.3 Å². The lowest BCUT2D eigenvalue weighted by molar-refractivity contribution is 0.292. The van der Waals surface area contributed by atoms with Gasteiger partial charge in [-0.25, -0.2) is 9.97 Å². The van der Waals surface area contributed by atoms with Crippen molar-refractivity contribution in [3.63, 3.8) is 0 Å². The third kappa shape index (κ3) is 6.38. The second-order valence-electron chi connectivity index (χ2n) is 5.56. The highest BCUT2D eigenvalue weighted by molar-refractivity contribution is 5.46. The molecule has 1 aromatic heterocycles. The maximum atomic E-state index is 8.74. The molecule has 5 heteroatoms. The number of hydrogen-bond donors (Lipinski definition) is 3. The quantitative estimate of drug-likeness (QED) is 0.599. The molecule has 0 saturated carbocycles. The molecule has 0 aliphatic heterocycles.